The normalized spacial score (nSPS) is 28.6. The van der Waals surface area contributed by atoms with Crippen LogP contribution in [0, 0.1) is 5.92 Å². The van der Waals surface area contributed by atoms with E-state index in [1.165, 1.54) is 30.8 Å². The monoisotopic (exact) mass is 296 g/mol. The summed E-state index contributed by atoms with van der Waals surface area (Å²) in [4.78, 5) is 7.21. The third-order valence-corrected chi connectivity index (χ3v) is 4.38. The van der Waals surface area contributed by atoms with E-state index in [0.29, 0.717) is 12.0 Å². The standard InChI is InChI=1S/C14H21BrN2/c1-4-11-9-10(3)17(12-7-6-8-12)14(11)16-13(15)5-2/h5,9,11-12H,4,6-8H2,1-3H3/b13-5-,16-14+. The Bertz CT molecular complexity index is 378. The van der Waals surface area contributed by atoms with Crippen molar-refractivity contribution in [1.29, 1.82) is 0 Å². The molecule has 1 atom stereocenters. The van der Waals surface area contributed by atoms with Gasteiger partial charge in [0.1, 0.15) is 10.4 Å². The Balaban J connectivity index is 2.27. The molecule has 1 aliphatic heterocycles. The maximum atomic E-state index is 4.75. The zero-order chi connectivity index (χ0) is 12.4. The molecule has 0 aromatic carbocycles. The van der Waals surface area contributed by atoms with Crippen LogP contribution in [0.25, 0.3) is 0 Å². The van der Waals surface area contributed by atoms with E-state index >= 15 is 0 Å². The van der Waals surface area contributed by atoms with Crippen LogP contribution in [-0.2, 0) is 0 Å². The Morgan fingerprint density at radius 1 is 1.59 bits per heavy atom. The molecule has 0 radical (unpaired) electrons. The molecule has 1 saturated carbocycles. The largest absolute Gasteiger partial charge is 0.331 e. The molecule has 0 N–H and O–H groups in total. The SMILES string of the molecule is C/C=C(Br)\N=C1/C(CC)C=C(C)N1C1CCC1. The predicted octanol–water partition coefficient (Wildman–Crippen LogP) is 4.44. The minimum Gasteiger partial charge on any atom is -0.331 e. The molecular weight excluding hydrogens is 276 g/mol. The maximum absolute atomic E-state index is 4.75. The fraction of sp³-hybridized carbons (Fsp3) is 0.643. The molecule has 2 nitrogen and oxygen atoms in total. The number of amidine groups is 1. The minimum atomic E-state index is 0.489. The van der Waals surface area contributed by atoms with E-state index in [1.807, 2.05) is 13.0 Å². The molecule has 0 spiro atoms. The summed E-state index contributed by atoms with van der Waals surface area (Å²) in [7, 11) is 0. The highest BCUT2D eigenvalue weighted by Crippen LogP contribution is 2.35. The fourth-order valence-corrected chi connectivity index (χ4v) is 2.72. The summed E-state index contributed by atoms with van der Waals surface area (Å²) >= 11 is 3.50. The van der Waals surface area contributed by atoms with Crippen LogP contribution in [0.5, 0.6) is 0 Å². The molecule has 0 aromatic rings. The molecule has 0 saturated heterocycles. The summed E-state index contributed by atoms with van der Waals surface area (Å²) in [5, 5.41) is 0. The third kappa shape index (κ3) is 2.49. The Morgan fingerprint density at radius 3 is 2.76 bits per heavy atom. The van der Waals surface area contributed by atoms with Crippen molar-refractivity contribution < 1.29 is 0 Å². The first kappa shape index (κ1) is 12.9. The average molecular weight is 297 g/mol. The second-order valence-corrected chi connectivity index (χ2v) is 5.67. The van der Waals surface area contributed by atoms with Crippen LogP contribution < -0.4 is 0 Å². The summed E-state index contributed by atoms with van der Waals surface area (Å²) in [6, 6.07) is 0.693. The van der Waals surface area contributed by atoms with Crippen molar-refractivity contribution in [1.82, 2.24) is 4.90 Å². The molecule has 94 valence electrons. The first-order valence-corrected chi connectivity index (χ1v) is 7.34. The van der Waals surface area contributed by atoms with Crippen LogP contribution in [0.1, 0.15) is 46.5 Å². The molecule has 1 heterocycles. The lowest BCUT2D eigenvalue weighted by atomic mass is 9.91. The van der Waals surface area contributed by atoms with E-state index in [9.17, 15) is 0 Å². The van der Waals surface area contributed by atoms with Gasteiger partial charge in [0, 0.05) is 17.7 Å². The molecule has 2 aliphatic rings. The summed E-state index contributed by atoms with van der Waals surface area (Å²) in [5.74, 6) is 1.72. The van der Waals surface area contributed by atoms with Gasteiger partial charge in [0.2, 0.25) is 0 Å². The van der Waals surface area contributed by atoms with Crippen LogP contribution >= 0.6 is 15.9 Å². The Morgan fingerprint density at radius 2 is 2.29 bits per heavy atom. The Labute approximate surface area is 113 Å². The number of hydrogen-bond acceptors (Lipinski definition) is 1. The average Bonchev–Trinajstić information content (AvgIpc) is 2.55. The van der Waals surface area contributed by atoms with E-state index in [-0.39, 0.29) is 0 Å². The van der Waals surface area contributed by atoms with Gasteiger partial charge in [-0.25, -0.2) is 4.99 Å². The third-order valence-electron chi connectivity index (χ3n) is 3.74. The Hall–Kier alpha value is -0.570. The van der Waals surface area contributed by atoms with Gasteiger partial charge in [0.25, 0.3) is 0 Å². The summed E-state index contributed by atoms with van der Waals surface area (Å²) < 4.78 is 0.943. The van der Waals surface area contributed by atoms with Crippen molar-refractivity contribution in [2.45, 2.75) is 52.5 Å². The lowest BCUT2D eigenvalue weighted by molar-refractivity contribution is 0.248. The van der Waals surface area contributed by atoms with Crippen LogP contribution in [0.2, 0.25) is 0 Å². The zero-order valence-electron chi connectivity index (χ0n) is 10.9. The van der Waals surface area contributed by atoms with Gasteiger partial charge < -0.3 is 4.90 Å². The van der Waals surface area contributed by atoms with Gasteiger partial charge >= 0.3 is 0 Å². The van der Waals surface area contributed by atoms with Crippen molar-refractivity contribution in [3.63, 3.8) is 0 Å². The van der Waals surface area contributed by atoms with E-state index in [4.69, 9.17) is 4.99 Å². The maximum Gasteiger partial charge on any atom is 0.117 e. The quantitative estimate of drug-likeness (QED) is 0.703. The predicted molar refractivity (Wildman–Crippen MR) is 77.1 cm³/mol. The second kappa shape index (κ2) is 5.38. The van der Waals surface area contributed by atoms with Crippen LogP contribution in [0.3, 0.4) is 0 Å². The van der Waals surface area contributed by atoms with Gasteiger partial charge in [0.05, 0.1) is 0 Å². The minimum absolute atomic E-state index is 0.489. The van der Waals surface area contributed by atoms with E-state index < -0.39 is 0 Å². The number of hydrogen-bond donors (Lipinski definition) is 0. The molecule has 1 aliphatic carbocycles. The summed E-state index contributed by atoms with van der Waals surface area (Å²) in [6.45, 7) is 6.46. The summed E-state index contributed by atoms with van der Waals surface area (Å²) in [5.41, 5.74) is 1.39. The van der Waals surface area contributed by atoms with Crippen molar-refractivity contribution in [3.05, 3.63) is 22.5 Å². The topological polar surface area (TPSA) is 15.6 Å². The van der Waals surface area contributed by atoms with Gasteiger partial charge in [-0.15, -0.1) is 0 Å². The molecule has 1 fully saturated rings. The van der Waals surface area contributed by atoms with Gasteiger partial charge in [0.15, 0.2) is 0 Å². The molecular formula is C14H21BrN2. The van der Waals surface area contributed by atoms with Gasteiger partial charge in [-0.2, -0.15) is 0 Å². The number of aliphatic imine (C=N–C) groups is 1. The van der Waals surface area contributed by atoms with Crippen LogP contribution in [-0.4, -0.2) is 16.8 Å². The lowest BCUT2D eigenvalue weighted by Crippen LogP contribution is -2.42. The van der Waals surface area contributed by atoms with E-state index in [1.54, 1.807) is 0 Å². The molecule has 0 amide bonds. The zero-order valence-corrected chi connectivity index (χ0v) is 12.5. The highest BCUT2D eigenvalue weighted by molar-refractivity contribution is 9.11. The lowest BCUT2D eigenvalue weighted by Gasteiger charge is -2.38. The van der Waals surface area contributed by atoms with Crippen molar-refractivity contribution in [2.24, 2.45) is 10.9 Å². The van der Waals surface area contributed by atoms with Crippen LogP contribution in [0.4, 0.5) is 0 Å². The molecule has 0 bridgehead atoms. The van der Waals surface area contributed by atoms with Gasteiger partial charge in [-0.05, 0) is 55.5 Å². The van der Waals surface area contributed by atoms with Crippen LogP contribution in [0.15, 0.2) is 27.4 Å². The van der Waals surface area contributed by atoms with E-state index in [0.717, 1.165) is 11.0 Å². The smallest absolute Gasteiger partial charge is 0.117 e. The first-order chi connectivity index (χ1) is 8.17. The second-order valence-electron chi connectivity index (χ2n) is 4.86. The highest BCUT2D eigenvalue weighted by atomic mass is 79.9. The number of allylic oxidation sites excluding steroid dienone is 2. The Kier molecular flexibility index (Phi) is 4.08. The highest BCUT2D eigenvalue weighted by Gasteiger charge is 2.35. The van der Waals surface area contributed by atoms with Gasteiger partial charge in [-0.3, -0.25) is 0 Å². The van der Waals surface area contributed by atoms with Crippen molar-refractivity contribution >= 4 is 21.8 Å². The summed E-state index contributed by atoms with van der Waals surface area (Å²) in [6.07, 6.45) is 9.49. The number of halogens is 1. The molecule has 2 rings (SSSR count). The first-order valence-electron chi connectivity index (χ1n) is 6.55. The molecule has 0 aromatic heterocycles. The van der Waals surface area contributed by atoms with Crippen molar-refractivity contribution in [2.75, 3.05) is 0 Å². The molecule has 3 heteroatoms. The van der Waals surface area contributed by atoms with Crippen molar-refractivity contribution in [3.8, 4) is 0 Å². The molecule has 1 unspecified atom stereocenters. The number of rotatable bonds is 3. The van der Waals surface area contributed by atoms with E-state index in [2.05, 4.69) is 40.8 Å². The fourth-order valence-electron chi connectivity index (χ4n) is 2.54. The number of nitrogens with zero attached hydrogens (tertiary/aromatic N) is 2. The molecule has 17 heavy (non-hydrogen) atoms. The van der Waals surface area contributed by atoms with Gasteiger partial charge in [-0.1, -0.05) is 19.1 Å².